The van der Waals surface area contributed by atoms with Crippen LogP contribution in [0.2, 0.25) is 0 Å². The van der Waals surface area contributed by atoms with Gasteiger partial charge in [0, 0.05) is 4.47 Å². The van der Waals surface area contributed by atoms with Crippen LogP contribution in [0.15, 0.2) is 63.9 Å². The number of benzene rings is 2. The van der Waals surface area contributed by atoms with Crippen LogP contribution in [-0.2, 0) is 0 Å². The van der Waals surface area contributed by atoms with E-state index >= 15 is 0 Å². The molecule has 0 aliphatic heterocycles. The standard InChI is InChI=1S/C19H12BrN3OS/c20-15-9-6-14(7-10-15)12-16-18(24)23-19(25-16)21-17(22-23)11-8-13-4-2-1-3-5-13/h1-12H/b11-8+,16-12+. The maximum Gasteiger partial charge on any atom is 0.291 e. The molecule has 2 heterocycles. The smallest absolute Gasteiger partial charge is 0.266 e. The van der Waals surface area contributed by atoms with E-state index in [2.05, 4.69) is 26.0 Å². The fourth-order valence-corrected chi connectivity index (χ4v) is 3.54. The van der Waals surface area contributed by atoms with Gasteiger partial charge in [-0.05, 0) is 35.4 Å². The van der Waals surface area contributed by atoms with Crippen LogP contribution in [0.25, 0.3) is 23.2 Å². The van der Waals surface area contributed by atoms with Gasteiger partial charge in [-0.15, -0.1) is 5.10 Å². The molecule has 0 aliphatic carbocycles. The van der Waals surface area contributed by atoms with E-state index in [1.807, 2.05) is 72.8 Å². The number of hydrogen-bond donors (Lipinski definition) is 0. The molecule has 0 saturated carbocycles. The van der Waals surface area contributed by atoms with Gasteiger partial charge in [-0.2, -0.15) is 9.50 Å². The number of halogens is 1. The van der Waals surface area contributed by atoms with Crippen molar-refractivity contribution >= 4 is 50.5 Å². The summed E-state index contributed by atoms with van der Waals surface area (Å²) >= 11 is 4.74. The molecule has 4 nitrogen and oxygen atoms in total. The van der Waals surface area contributed by atoms with Crippen LogP contribution >= 0.6 is 27.3 Å². The van der Waals surface area contributed by atoms with Crippen molar-refractivity contribution in [3.05, 3.63) is 90.9 Å². The van der Waals surface area contributed by atoms with E-state index in [0.29, 0.717) is 15.3 Å². The molecular weight excluding hydrogens is 398 g/mol. The zero-order valence-corrected chi connectivity index (χ0v) is 15.4. The lowest BCUT2D eigenvalue weighted by molar-refractivity contribution is 0.925. The fourth-order valence-electron chi connectivity index (χ4n) is 2.36. The minimum absolute atomic E-state index is 0.144. The Morgan fingerprint density at radius 3 is 2.44 bits per heavy atom. The summed E-state index contributed by atoms with van der Waals surface area (Å²) in [6.45, 7) is 0. The molecule has 0 N–H and O–H groups in total. The van der Waals surface area contributed by atoms with Crippen molar-refractivity contribution in [2.75, 3.05) is 0 Å². The average molecular weight is 410 g/mol. The van der Waals surface area contributed by atoms with Gasteiger partial charge in [-0.3, -0.25) is 4.79 Å². The Morgan fingerprint density at radius 2 is 1.72 bits per heavy atom. The molecular formula is C19H12BrN3OS. The molecule has 6 heteroatoms. The molecule has 0 atom stereocenters. The Bertz CT molecular complexity index is 1160. The zero-order chi connectivity index (χ0) is 17.2. The third kappa shape index (κ3) is 3.45. The van der Waals surface area contributed by atoms with Gasteiger partial charge in [0.25, 0.3) is 5.56 Å². The molecule has 0 spiro atoms. The third-order valence-corrected chi connectivity index (χ3v) is 5.08. The monoisotopic (exact) mass is 409 g/mol. The molecule has 0 bridgehead atoms. The van der Waals surface area contributed by atoms with E-state index in [-0.39, 0.29) is 5.56 Å². The van der Waals surface area contributed by atoms with Crippen LogP contribution < -0.4 is 10.1 Å². The maximum atomic E-state index is 12.5. The topological polar surface area (TPSA) is 47.3 Å². The molecule has 122 valence electrons. The van der Waals surface area contributed by atoms with Crippen LogP contribution in [0.3, 0.4) is 0 Å². The molecule has 2 aromatic carbocycles. The summed E-state index contributed by atoms with van der Waals surface area (Å²) in [5, 5.41) is 4.29. The van der Waals surface area contributed by atoms with Crippen LogP contribution in [-0.4, -0.2) is 14.6 Å². The second-order valence-corrected chi connectivity index (χ2v) is 7.30. The molecule has 0 saturated heterocycles. The zero-order valence-electron chi connectivity index (χ0n) is 13.0. The quantitative estimate of drug-likeness (QED) is 0.518. The summed E-state index contributed by atoms with van der Waals surface area (Å²) in [4.78, 5) is 17.5. The van der Waals surface area contributed by atoms with Crippen molar-refractivity contribution < 1.29 is 0 Å². The SMILES string of the molecule is O=c1/c(=C\c2ccc(Br)cc2)sc2nc(/C=C/c3ccccc3)nn12. The van der Waals surface area contributed by atoms with E-state index in [1.54, 1.807) is 0 Å². The Labute approximate surface area is 155 Å². The van der Waals surface area contributed by atoms with Crippen LogP contribution in [0, 0.1) is 0 Å². The summed E-state index contributed by atoms with van der Waals surface area (Å²) in [6.07, 6.45) is 5.60. The van der Waals surface area contributed by atoms with Gasteiger partial charge in [-0.25, -0.2) is 0 Å². The third-order valence-electron chi connectivity index (χ3n) is 3.59. The Hall–Kier alpha value is -2.57. The van der Waals surface area contributed by atoms with E-state index in [0.717, 1.165) is 15.6 Å². The highest BCUT2D eigenvalue weighted by Gasteiger charge is 2.08. The predicted molar refractivity (Wildman–Crippen MR) is 105 cm³/mol. The summed E-state index contributed by atoms with van der Waals surface area (Å²) < 4.78 is 2.99. The Morgan fingerprint density at radius 1 is 0.960 bits per heavy atom. The number of rotatable bonds is 3. The normalized spacial score (nSPS) is 12.4. The van der Waals surface area contributed by atoms with Crippen molar-refractivity contribution in [3.63, 3.8) is 0 Å². The minimum Gasteiger partial charge on any atom is -0.266 e. The van der Waals surface area contributed by atoms with Crippen molar-refractivity contribution in [2.45, 2.75) is 0 Å². The van der Waals surface area contributed by atoms with E-state index in [1.165, 1.54) is 15.9 Å². The molecule has 4 aromatic rings. The van der Waals surface area contributed by atoms with E-state index in [4.69, 9.17) is 0 Å². The molecule has 4 rings (SSSR count). The van der Waals surface area contributed by atoms with Gasteiger partial charge < -0.3 is 0 Å². The summed E-state index contributed by atoms with van der Waals surface area (Å²) in [5.74, 6) is 0.530. The van der Waals surface area contributed by atoms with Crippen LogP contribution in [0.5, 0.6) is 0 Å². The van der Waals surface area contributed by atoms with Crippen molar-refractivity contribution in [1.29, 1.82) is 0 Å². The largest absolute Gasteiger partial charge is 0.291 e. The number of fused-ring (bicyclic) bond motifs is 1. The van der Waals surface area contributed by atoms with Gasteiger partial charge in [0.2, 0.25) is 4.96 Å². The van der Waals surface area contributed by atoms with Gasteiger partial charge >= 0.3 is 0 Å². The molecule has 2 aromatic heterocycles. The second-order valence-electron chi connectivity index (χ2n) is 5.38. The summed E-state index contributed by atoms with van der Waals surface area (Å²) in [7, 11) is 0. The molecule has 0 aliphatic rings. The van der Waals surface area contributed by atoms with E-state index in [9.17, 15) is 4.79 Å². The number of thiazole rings is 1. The first kappa shape index (κ1) is 15.9. The second kappa shape index (κ2) is 6.74. The minimum atomic E-state index is -0.144. The Kier molecular flexibility index (Phi) is 4.29. The van der Waals surface area contributed by atoms with Gasteiger partial charge in [0.15, 0.2) is 5.82 Å². The predicted octanol–water partition coefficient (Wildman–Crippen LogP) is 3.63. The number of hydrogen-bond acceptors (Lipinski definition) is 4. The molecule has 0 radical (unpaired) electrons. The fraction of sp³-hybridized carbons (Fsp3) is 0. The van der Waals surface area contributed by atoms with Gasteiger partial charge in [0.05, 0.1) is 4.53 Å². The lowest BCUT2D eigenvalue weighted by Crippen LogP contribution is -2.23. The van der Waals surface area contributed by atoms with Crippen molar-refractivity contribution in [3.8, 4) is 0 Å². The highest BCUT2D eigenvalue weighted by molar-refractivity contribution is 9.10. The van der Waals surface area contributed by atoms with Gasteiger partial charge in [-0.1, -0.05) is 75.8 Å². The van der Waals surface area contributed by atoms with E-state index < -0.39 is 0 Å². The summed E-state index contributed by atoms with van der Waals surface area (Å²) in [6, 6.07) is 17.7. The highest BCUT2D eigenvalue weighted by Crippen LogP contribution is 2.11. The van der Waals surface area contributed by atoms with Crippen molar-refractivity contribution in [2.24, 2.45) is 0 Å². The number of nitrogens with zero attached hydrogens (tertiary/aromatic N) is 3. The first-order chi connectivity index (χ1) is 12.2. The lowest BCUT2D eigenvalue weighted by Gasteiger charge is -1.91. The molecule has 0 amide bonds. The van der Waals surface area contributed by atoms with Crippen molar-refractivity contribution in [1.82, 2.24) is 14.6 Å². The number of aromatic nitrogens is 3. The maximum absolute atomic E-state index is 12.5. The first-order valence-corrected chi connectivity index (χ1v) is 9.20. The Balaban J connectivity index is 1.68. The van der Waals surface area contributed by atoms with Gasteiger partial charge in [0.1, 0.15) is 0 Å². The highest BCUT2D eigenvalue weighted by atomic mass is 79.9. The van der Waals surface area contributed by atoms with Crippen LogP contribution in [0.4, 0.5) is 0 Å². The summed E-state index contributed by atoms with van der Waals surface area (Å²) in [5.41, 5.74) is 1.89. The molecule has 0 unspecified atom stereocenters. The van der Waals surface area contributed by atoms with Crippen LogP contribution in [0.1, 0.15) is 17.0 Å². The first-order valence-electron chi connectivity index (χ1n) is 7.59. The molecule has 25 heavy (non-hydrogen) atoms. The lowest BCUT2D eigenvalue weighted by atomic mass is 10.2. The molecule has 0 fully saturated rings. The average Bonchev–Trinajstić information content (AvgIpc) is 3.15.